The summed E-state index contributed by atoms with van der Waals surface area (Å²) in [6, 6.07) is 11.4. The highest BCUT2D eigenvalue weighted by molar-refractivity contribution is 7.90. The molecule has 0 aromatic heterocycles. The number of aliphatic imine (C=N–C) groups is 1. The van der Waals surface area contributed by atoms with Gasteiger partial charge in [-0.2, -0.15) is 8.78 Å². The number of methoxy groups -OCH3 is 1. The molecule has 1 aliphatic rings. The van der Waals surface area contributed by atoms with Crippen molar-refractivity contribution >= 4 is 21.8 Å². The van der Waals surface area contributed by atoms with Crippen molar-refractivity contribution in [3.8, 4) is 11.5 Å². The molecule has 3 rings (SSSR count). The summed E-state index contributed by atoms with van der Waals surface area (Å²) < 4.78 is 61.1. The van der Waals surface area contributed by atoms with E-state index >= 15 is 0 Å². The number of amidine groups is 1. The van der Waals surface area contributed by atoms with E-state index in [1.54, 1.807) is 36.4 Å². The van der Waals surface area contributed by atoms with Crippen LogP contribution in [0.5, 0.6) is 11.5 Å². The predicted molar refractivity (Wildman–Crippen MR) is 123 cm³/mol. The van der Waals surface area contributed by atoms with E-state index in [2.05, 4.69) is 19.8 Å². The van der Waals surface area contributed by atoms with Crippen LogP contribution in [0.2, 0.25) is 0 Å². The largest absolute Gasteiger partial charge is 0.493 e. The first-order chi connectivity index (χ1) is 16.3. The van der Waals surface area contributed by atoms with Crippen LogP contribution in [-0.4, -0.2) is 47.0 Å². The summed E-state index contributed by atoms with van der Waals surface area (Å²) >= 11 is 0. The smallest absolute Gasteiger partial charge is 0.387 e. The van der Waals surface area contributed by atoms with Crippen LogP contribution in [0.25, 0.3) is 0 Å². The van der Waals surface area contributed by atoms with Gasteiger partial charge in [0.05, 0.1) is 12.0 Å². The van der Waals surface area contributed by atoms with Gasteiger partial charge in [0, 0.05) is 25.1 Å². The third-order valence-electron chi connectivity index (χ3n) is 5.17. The minimum atomic E-state index is -3.53. The lowest BCUT2D eigenvalue weighted by Crippen LogP contribution is -2.25. The molecule has 1 heterocycles. The van der Waals surface area contributed by atoms with E-state index < -0.39 is 16.6 Å². The molecule has 0 saturated heterocycles. The second kappa shape index (κ2) is 11.8. The molecule has 0 fully saturated rings. The molecule has 184 valence electrons. The molecule has 0 spiro atoms. The molecule has 8 nitrogen and oxygen atoms in total. The van der Waals surface area contributed by atoms with Crippen molar-refractivity contribution in [3.63, 3.8) is 0 Å². The van der Waals surface area contributed by atoms with Gasteiger partial charge in [0.1, 0.15) is 5.84 Å². The SMILES string of the molecule is COc1ccc(CCNC(=O)CCCCCN=C2NS(=O)(=O)c3ccccc32)cc1OC(F)F. The van der Waals surface area contributed by atoms with Crippen LogP contribution in [0, 0.1) is 0 Å². The zero-order valence-electron chi connectivity index (χ0n) is 18.7. The van der Waals surface area contributed by atoms with Gasteiger partial charge in [0.25, 0.3) is 10.0 Å². The molecule has 2 N–H and O–H groups in total. The van der Waals surface area contributed by atoms with Crippen LogP contribution in [0.15, 0.2) is 52.4 Å². The first-order valence-electron chi connectivity index (χ1n) is 10.9. The Morgan fingerprint density at radius 2 is 1.91 bits per heavy atom. The van der Waals surface area contributed by atoms with Gasteiger partial charge in [-0.25, -0.2) is 8.42 Å². The average molecular weight is 496 g/mol. The summed E-state index contributed by atoms with van der Waals surface area (Å²) in [7, 11) is -2.16. The molecule has 0 saturated carbocycles. The van der Waals surface area contributed by atoms with Gasteiger partial charge in [0.2, 0.25) is 5.91 Å². The Hall–Kier alpha value is -3.21. The van der Waals surface area contributed by atoms with Crippen molar-refractivity contribution < 1.29 is 31.5 Å². The Labute approximate surface area is 197 Å². The van der Waals surface area contributed by atoms with E-state index in [1.165, 1.54) is 13.2 Å². The number of rotatable bonds is 12. The number of benzene rings is 2. The van der Waals surface area contributed by atoms with Crippen molar-refractivity contribution in [2.75, 3.05) is 20.2 Å². The van der Waals surface area contributed by atoms with Crippen LogP contribution >= 0.6 is 0 Å². The minimum absolute atomic E-state index is 0.0428. The Kier molecular flexibility index (Phi) is 8.80. The Bertz CT molecular complexity index is 1140. The molecule has 11 heteroatoms. The van der Waals surface area contributed by atoms with Crippen molar-refractivity contribution in [2.24, 2.45) is 4.99 Å². The zero-order chi connectivity index (χ0) is 24.6. The van der Waals surface area contributed by atoms with Gasteiger partial charge in [0.15, 0.2) is 11.5 Å². The number of hydrogen-bond acceptors (Lipinski definition) is 6. The third-order valence-corrected chi connectivity index (χ3v) is 6.57. The standard InChI is InChI=1S/C23H27F2N3O5S/c1-32-18-11-10-16(15-19(18)33-23(24)25)12-14-26-21(29)9-3-2-6-13-27-22-17-7-4-5-8-20(17)34(30,31)28-22/h4-5,7-8,10-11,15,23H,2-3,6,9,12-14H2,1H3,(H,26,29)(H,27,28). The molecule has 0 radical (unpaired) electrons. The summed E-state index contributed by atoms with van der Waals surface area (Å²) in [6.07, 6.45) is 2.98. The number of carbonyl (C=O) groups excluding carboxylic acids is 1. The van der Waals surface area contributed by atoms with Gasteiger partial charge >= 0.3 is 6.61 Å². The summed E-state index contributed by atoms with van der Waals surface area (Å²) in [5, 5.41) is 2.81. The second-order valence-corrected chi connectivity index (χ2v) is 9.26. The number of halogens is 2. The van der Waals surface area contributed by atoms with Gasteiger partial charge in [-0.15, -0.1) is 0 Å². The van der Waals surface area contributed by atoms with E-state index in [1.807, 2.05) is 0 Å². The maximum Gasteiger partial charge on any atom is 0.387 e. The lowest BCUT2D eigenvalue weighted by molar-refractivity contribution is -0.121. The van der Waals surface area contributed by atoms with E-state index in [9.17, 15) is 22.0 Å². The van der Waals surface area contributed by atoms with Crippen molar-refractivity contribution in [1.82, 2.24) is 10.0 Å². The molecule has 2 aromatic carbocycles. The van der Waals surface area contributed by atoms with E-state index in [0.29, 0.717) is 43.8 Å². The molecular weight excluding hydrogens is 468 g/mol. The van der Waals surface area contributed by atoms with E-state index in [-0.39, 0.29) is 22.3 Å². The van der Waals surface area contributed by atoms with Crippen molar-refractivity contribution in [1.29, 1.82) is 0 Å². The summed E-state index contributed by atoms with van der Waals surface area (Å²) in [6.45, 7) is -2.13. The minimum Gasteiger partial charge on any atom is -0.493 e. The Balaban J connectivity index is 1.34. The summed E-state index contributed by atoms with van der Waals surface area (Å²) in [5.41, 5.74) is 1.31. The van der Waals surface area contributed by atoms with Crippen LogP contribution in [0.1, 0.15) is 36.8 Å². The third kappa shape index (κ3) is 6.89. The van der Waals surface area contributed by atoms with Crippen molar-refractivity contribution in [2.45, 2.75) is 43.6 Å². The molecule has 34 heavy (non-hydrogen) atoms. The summed E-state index contributed by atoms with van der Waals surface area (Å²) in [4.78, 5) is 16.6. The van der Waals surface area contributed by atoms with Gasteiger partial charge < -0.3 is 14.8 Å². The number of carbonyl (C=O) groups is 1. The lowest BCUT2D eigenvalue weighted by Gasteiger charge is -2.12. The number of alkyl halides is 2. The van der Waals surface area contributed by atoms with E-state index in [0.717, 1.165) is 18.4 Å². The van der Waals surface area contributed by atoms with Crippen LogP contribution in [-0.2, 0) is 21.2 Å². The quantitative estimate of drug-likeness (QED) is 0.440. The highest BCUT2D eigenvalue weighted by atomic mass is 32.2. The first kappa shape index (κ1) is 25.4. The fourth-order valence-electron chi connectivity index (χ4n) is 3.52. The van der Waals surface area contributed by atoms with Crippen molar-refractivity contribution in [3.05, 3.63) is 53.6 Å². The summed E-state index contributed by atoms with van der Waals surface area (Å²) in [5.74, 6) is 0.432. The van der Waals surface area contributed by atoms with Gasteiger partial charge in [-0.05, 0) is 49.1 Å². The molecule has 2 aromatic rings. The lowest BCUT2D eigenvalue weighted by atomic mass is 10.1. The normalized spacial score (nSPS) is 15.1. The number of sulfonamides is 1. The monoisotopic (exact) mass is 495 g/mol. The fourth-order valence-corrected chi connectivity index (χ4v) is 4.77. The number of nitrogens with one attached hydrogen (secondary N) is 2. The highest BCUT2D eigenvalue weighted by Gasteiger charge is 2.29. The number of hydrogen-bond donors (Lipinski definition) is 2. The second-order valence-electron chi connectivity index (χ2n) is 7.61. The van der Waals surface area contributed by atoms with Crippen LogP contribution in [0.3, 0.4) is 0 Å². The zero-order valence-corrected chi connectivity index (χ0v) is 19.5. The first-order valence-corrected chi connectivity index (χ1v) is 12.3. The average Bonchev–Trinajstić information content (AvgIpc) is 3.06. The van der Waals surface area contributed by atoms with Gasteiger partial charge in [-0.3, -0.25) is 14.5 Å². The molecule has 1 aliphatic heterocycles. The Morgan fingerprint density at radius 1 is 1.12 bits per heavy atom. The van der Waals surface area contributed by atoms with Crippen LogP contribution in [0.4, 0.5) is 8.78 Å². The highest BCUT2D eigenvalue weighted by Crippen LogP contribution is 2.29. The molecule has 0 bridgehead atoms. The number of ether oxygens (including phenoxy) is 2. The van der Waals surface area contributed by atoms with E-state index in [4.69, 9.17) is 4.74 Å². The number of unbranched alkanes of at least 4 members (excludes halogenated alkanes) is 2. The predicted octanol–water partition coefficient (Wildman–Crippen LogP) is 3.25. The molecule has 0 atom stereocenters. The Morgan fingerprint density at radius 3 is 2.68 bits per heavy atom. The molecule has 0 aliphatic carbocycles. The van der Waals surface area contributed by atoms with Gasteiger partial charge in [-0.1, -0.05) is 24.6 Å². The molecule has 1 amide bonds. The fraction of sp³-hybridized carbons (Fsp3) is 0.391. The number of amides is 1. The maximum atomic E-state index is 12.5. The topological polar surface area (TPSA) is 106 Å². The number of nitrogens with zero attached hydrogens (tertiary/aromatic N) is 1. The molecular formula is C23H27F2N3O5S. The molecule has 0 unspecified atom stereocenters. The maximum absolute atomic E-state index is 12.5. The van der Waals surface area contributed by atoms with Crippen LogP contribution < -0.4 is 19.5 Å². The number of fused-ring (bicyclic) bond motifs is 1.